The van der Waals surface area contributed by atoms with Crippen LogP contribution in [0.2, 0.25) is 0 Å². The van der Waals surface area contributed by atoms with E-state index in [-0.39, 0.29) is 30.8 Å². The van der Waals surface area contributed by atoms with Gasteiger partial charge >= 0.3 is 0 Å². The molecule has 0 amide bonds. The highest BCUT2D eigenvalue weighted by molar-refractivity contribution is 6.40. The Labute approximate surface area is 179 Å². The lowest BCUT2D eigenvalue weighted by Crippen LogP contribution is -2.65. The molecule has 3 saturated carbocycles. The maximum Gasteiger partial charge on any atom is 0.168 e. The average molecular weight is 415 g/mol. The SMILES string of the molecule is CC(=O)[C@H]1C[C@]23C(=O)[C@@](C)(C[C@@H]2C1(C)C)C(=O)[C@](CC=C(C)C)(C(=O)C(C)C)C3=O. The summed E-state index contributed by atoms with van der Waals surface area (Å²) in [4.78, 5) is 67.9. The molecule has 2 bridgehead atoms. The van der Waals surface area contributed by atoms with Gasteiger partial charge in [-0.2, -0.15) is 0 Å². The van der Waals surface area contributed by atoms with Gasteiger partial charge in [-0.1, -0.05) is 39.3 Å². The number of Topliss-reactive ketones (excluding diaryl/α,β-unsaturated/α-hetero) is 5. The summed E-state index contributed by atoms with van der Waals surface area (Å²) < 4.78 is 0. The van der Waals surface area contributed by atoms with Crippen LogP contribution >= 0.6 is 0 Å². The molecule has 0 N–H and O–H groups in total. The van der Waals surface area contributed by atoms with E-state index in [1.807, 2.05) is 27.7 Å². The van der Waals surface area contributed by atoms with Crippen LogP contribution in [0.25, 0.3) is 0 Å². The molecule has 5 heteroatoms. The van der Waals surface area contributed by atoms with Crippen LogP contribution in [0.3, 0.4) is 0 Å². The Kier molecular flexibility index (Phi) is 4.97. The first-order chi connectivity index (χ1) is 13.6. The van der Waals surface area contributed by atoms with E-state index in [0.717, 1.165) is 5.57 Å². The summed E-state index contributed by atoms with van der Waals surface area (Å²) in [6.45, 7) is 14.1. The van der Waals surface area contributed by atoms with Gasteiger partial charge < -0.3 is 0 Å². The average Bonchev–Trinajstić information content (AvgIpc) is 2.99. The maximum atomic E-state index is 14.3. The van der Waals surface area contributed by atoms with Gasteiger partial charge in [0, 0.05) is 11.8 Å². The number of rotatable bonds is 5. The first-order valence-electron chi connectivity index (χ1n) is 10.9. The van der Waals surface area contributed by atoms with Crippen molar-refractivity contribution in [2.75, 3.05) is 0 Å². The van der Waals surface area contributed by atoms with E-state index in [4.69, 9.17) is 0 Å². The minimum absolute atomic E-state index is 0.00742. The summed E-state index contributed by atoms with van der Waals surface area (Å²) in [5, 5.41) is 0. The summed E-state index contributed by atoms with van der Waals surface area (Å²) in [5.41, 5.74) is -4.32. The zero-order chi connectivity index (χ0) is 23.0. The molecule has 1 spiro atoms. The molecule has 0 aromatic heterocycles. The Bertz CT molecular complexity index is 902. The van der Waals surface area contributed by atoms with E-state index in [1.54, 1.807) is 26.8 Å². The summed E-state index contributed by atoms with van der Waals surface area (Å²) in [6.07, 6.45) is 2.10. The maximum absolute atomic E-state index is 14.3. The standard InChI is InChI=1S/C25H34O5/c1-13(2)9-10-24(18(27)14(3)4)19(28)23(8)12-17-22(6,7)16(15(5)26)11-25(17,20(23)29)21(24)30/h9,14,16-17H,10-12H2,1-8H3/t16-,17-,23+,24+,25-/m1/s1. The second kappa shape index (κ2) is 6.54. The van der Waals surface area contributed by atoms with Crippen LogP contribution in [0.1, 0.15) is 74.7 Å². The first kappa shape index (κ1) is 22.8. The third kappa shape index (κ3) is 2.44. The number of carbonyl (C=O) groups excluding carboxylic acids is 5. The molecule has 0 aliphatic heterocycles. The van der Waals surface area contributed by atoms with Crippen molar-refractivity contribution in [1.29, 1.82) is 0 Å². The van der Waals surface area contributed by atoms with Gasteiger partial charge in [-0.3, -0.25) is 24.0 Å². The van der Waals surface area contributed by atoms with E-state index < -0.39 is 56.8 Å². The Balaban J connectivity index is 2.33. The van der Waals surface area contributed by atoms with Crippen molar-refractivity contribution in [3.8, 4) is 0 Å². The second-order valence-corrected chi connectivity index (χ2v) is 11.1. The van der Waals surface area contributed by atoms with Gasteiger partial charge in [-0.05, 0) is 58.3 Å². The Morgan fingerprint density at radius 1 is 0.967 bits per heavy atom. The van der Waals surface area contributed by atoms with Gasteiger partial charge in [0.05, 0.1) is 10.8 Å². The third-order valence-corrected chi connectivity index (χ3v) is 8.37. The fourth-order valence-corrected chi connectivity index (χ4v) is 6.82. The van der Waals surface area contributed by atoms with E-state index in [0.29, 0.717) is 0 Å². The number of ketones is 5. The van der Waals surface area contributed by atoms with E-state index in [1.165, 1.54) is 6.92 Å². The Morgan fingerprint density at radius 2 is 1.53 bits per heavy atom. The minimum atomic E-state index is -1.84. The summed E-state index contributed by atoms with van der Waals surface area (Å²) in [5.74, 6) is -3.27. The van der Waals surface area contributed by atoms with Gasteiger partial charge in [0.2, 0.25) is 0 Å². The van der Waals surface area contributed by atoms with E-state index >= 15 is 0 Å². The normalized spacial score (nSPS) is 39.3. The van der Waals surface area contributed by atoms with Crippen LogP contribution in [-0.4, -0.2) is 28.9 Å². The Hall–Kier alpha value is -1.91. The molecule has 0 aromatic carbocycles. The van der Waals surface area contributed by atoms with Crippen molar-refractivity contribution >= 4 is 28.9 Å². The third-order valence-electron chi connectivity index (χ3n) is 8.37. The quantitative estimate of drug-likeness (QED) is 0.503. The number of carbonyl (C=O) groups is 5. The van der Waals surface area contributed by atoms with Crippen molar-refractivity contribution in [3.05, 3.63) is 11.6 Å². The van der Waals surface area contributed by atoms with Crippen LogP contribution in [-0.2, 0) is 24.0 Å². The first-order valence-corrected chi connectivity index (χ1v) is 10.9. The molecule has 3 rings (SSSR count). The lowest BCUT2D eigenvalue weighted by Gasteiger charge is -2.45. The van der Waals surface area contributed by atoms with Crippen molar-refractivity contribution in [2.24, 2.45) is 39.4 Å². The van der Waals surface area contributed by atoms with Gasteiger partial charge in [-0.15, -0.1) is 0 Å². The lowest BCUT2D eigenvalue weighted by atomic mass is 9.51. The molecular weight excluding hydrogens is 380 g/mol. The van der Waals surface area contributed by atoms with Crippen molar-refractivity contribution in [1.82, 2.24) is 0 Å². The number of hydrogen-bond acceptors (Lipinski definition) is 5. The minimum Gasteiger partial charge on any atom is -0.300 e. The number of hydrogen-bond donors (Lipinski definition) is 0. The van der Waals surface area contributed by atoms with Crippen molar-refractivity contribution in [2.45, 2.75) is 74.7 Å². The molecule has 3 aliphatic carbocycles. The summed E-state index contributed by atoms with van der Waals surface area (Å²) >= 11 is 0. The molecule has 0 saturated heterocycles. The highest BCUT2D eigenvalue weighted by Crippen LogP contribution is 2.72. The zero-order valence-electron chi connectivity index (χ0n) is 19.5. The number of fused-ring (bicyclic) bond motifs is 1. The fourth-order valence-electron chi connectivity index (χ4n) is 6.82. The van der Waals surface area contributed by atoms with Crippen molar-refractivity contribution < 1.29 is 24.0 Å². The molecule has 3 fully saturated rings. The molecule has 0 heterocycles. The molecule has 0 aromatic rings. The van der Waals surface area contributed by atoms with Crippen molar-refractivity contribution in [3.63, 3.8) is 0 Å². The summed E-state index contributed by atoms with van der Waals surface area (Å²) in [7, 11) is 0. The van der Waals surface area contributed by atoms with Gasteiger partial charge in [0.1, 0.15) is 5.78 Å². The van der Waals surface area contributed by atoms with E-state index in [9.17, 15) is 24.0 Å². The van der Waals surface area contributed by atoms with E-state index in [2.05, 4.69) is 0 Å². The molecule has 164 valence electrons. The van der Waals surface area contributed by atoms with Crippen LogP contribution in [0.15, 0.2) is 11.6 Å². The highest BCUT2D eigenvalue weighted by atomic mass is 16.2. The monoisotopic (exact) mass is 414 g/mol. The molecule has 0 unspecified atom stereocenters. The van der Waals surface area contributed by atoms with Crippen LogP contribution in [0, 0.1) is 39.4 Å². The zero-order valence-corrected chi connectivity index (χ0v) is 19.5. The second-order valence-electron chi connectivity index (χ2n) is 11.1. The molecule has 5 atom stereocenters. The smallest absolute Gasteiger partial charge is 0.168 e. The molecule has 5 nitrogen and oxygen atoms in total. The fraction of sp³-hybridized carbons (Fsp3) is 0.720. The topological polar surface area (TPSA) is 85.3 Å². The Morgan fingerprint density at radius 3 is 2.00 bits per heavy atom. The predicted octanol–water partition coefficient (Wildman–Crippen LogP) is 3.92. The van der Waals surface area contributed by atoms with Crippen LogP contribution < -0.4 is 0 Å². The molecule has 0 radical (unpaired) electrons. The molecule has 3 aliphatic rings. The number of allylic oxidation sites excluding steroid dienone is 2. The van der Waals surface area contributed by atoms with Gasteiger partial charge in [-0.25, -0.2) is 0 Å². The van der Waals surface area contributed by atoms with Gasteiger partial charge in [0.25, 0.3) is 0 Å². The lowest BCUT2D eigenvalue weighted by molar-refractivity contribution is -0.168. The largest absolute Gasteiger partial charge is 0.300 e. The summed E-state index contributed by atoms with van der Waals surface area (Å²) in [6, 6.07) is 0. The predicted molar refractivity (Wildman–Crippen MR) is 113 cm³/mol. The highest BCUT2D eigenvalue weighted by Gasteiger charge is 2.82. The van der Waals surface area contributed by atoms with Crippen LogP contribution in [0.5, 0.6) is 0 Å². The van der Waals surface area contributed by atoms with Gasteiger partial charge in [0.15, 0.2) is 28.5 Å². The van der Waals surface area contributed by atoms with Crippen LogP contribution in [0.4, 0.5) is 0 Å². The molecular formula is C25H34O5. The molecule has 30 heavy (non-hydrogen) atoms.